The van der Waals surface area contributed by atoms with Crippen molar-refractivity contribution in [3.63, 3.8) is 0 Å². The molecule has 2 nitrogen and oxygen atoms in total. The molecule has 1 aromatic carbocycles. The summed E-state index contributed by atoms with van der Waals surface area (Å²) in [6, 6.07) is 9.20. The maximum atomic E-state index is 5.52. The van der Waals surface area contributed by atoms with Crippen molar-refractivity contribution >= 4 is 0 Å². The molecule has 1 rings (SSSR count). The highest BCUT2D eigenvalue weighted by molar-refractivity contribution is 5.21. The van der Waals surface area contributed by atoms with Crippen molar-refractivity contribution in [3.8, 4) is 0 Å². The van der Waals surface area contributed by atoms with E-state index in [2.05, 4.69) is 43.4 Å². The molecule has 1 atom stereocenters. The summed E-state index contributed by atoms with van der Waals surface area (Å²) in [6.45, 7) is 6.00. The summed E-state index contributed by atoms with van der Waals surface area (Å²) in [4.78, 5) is 0. The lowest BCUT2D eigenvalue weighted by Gasteiger charge is -2.10. The van der Waals surface area contributed by atoms with Gasteiger partial charge in [0.05, 0.1) is 0 Å². The number of hydrogen-bond acceptors (Lipinski definition) is 2. The maximum absolute atomic E-state index is 5.52. The Labute approximate surface area is 92.9 Å². The molecule has 0 aliphatic heterocycles. The Morgan fingerprint density at radius 2 is 1.93 bits per heavy atom. The predicted molar refractivity (Wildman–Crippen MR) is 66.0 cm³/mol. The average Bonchev–Trinajstić information content (AvgIpc) is 2.26. The highest BCUT2D eigenvalue weighted by atomic mass is 14.9. The van der Waals surface area contributed by atoms with E-state index in [1.54, 1.807) is 0 Å². The lowest BCUT2D eigenvalue weighted by molar-refractivity contribution is 0.543. The number of rotatable bonds is 6. The van der Waals surface area contributed by atoms with Gasteiger partial charge in [0.2, 0.25) is 0 Å². The molecule has 0 aliphatic rings. The molecule has 0 bridgehead atoms. The molecule has 0 fully saturated rings. The van der Waals surface area contributed by atoms with Crippen molar-refractivity contribution in [2.45, 2.75) is 32.7 Å². The lowest BCUT2D eigenvalue weighted by atomic mass is 10.1. The monoisotopic (exact) mass is 206 g/mol. The molecule has 0 saturated heterocycles. The second-order valence-corrected chi connectivity index (χ2v) is 4.18. The molecular weight excluding hydrogens is 184 g/mol. The zero-order valence-corrected chi connectivity index (χ0v) is 9.79. The average molecular weight is 206 g/mol. The van der Waals surface area contributed by atoms with Crippen LogP contribution in [-0.2, 0) is 6.42 Å². The number of aryl methyl sites for hydroxylation is 2. The van der Waals surface area contributed by atoms with Gasteiger partial charge in [0.25, 0.3) is 0 Å². The van der Waals surface area contributed by atoms with Gasteiger partial charge >= 0.3 is 0 Å². The SMILES string of the molecule is Cc1ccc(CCCN[C@H](C)CN)cc1. The molecule has 0 unspecified atom stereocenters. The number of nitrogens with two attached hydrogens (primary N) is 1. The minimum atomic E-state index is 0.433. The van der Waals surface area contributed by atoms with Crippen LogP contribution in [0.2, 0.25) is 0 Å². The van der Waals surface area contributed by atoms with Crippen LogP contribution in [0.3, 0.4) is 0 Å². The van der Waals surface area contributed by atoms with Crippen LogP contribution in [-0.4, -0.2) is 19.1 Å². The fraction of sp³-hybridized carbons (Fsp3) is 0.538. The van der Waals surface area contributed by atoms with E-state index >= 15 is 0 Å². The van der Waals surface area contributed by atoms with Gasteiger partial charge in [-0.1, -0.05) is 29.8 Å². The fourth-order valence-electron chi connectivity index (χ4n) is 1.48. The van der Waals surface area contributed by atoms with Gasteiger partial charge in [-0.15, -0.1) is 0 Å². The first-order valence-corrected chi connectivity index (χ1v) is 5.71. The van der Waals surface area contributed by atoms with E-state index in [4.69, 9.17) is 5.73 Å². The normalized spacial score (nSPS) is 12.7. The van der Waals surface area contributed by atoms with E-state index in [1.165, 1.54) is 17.5 Å². The number of nitrogens with one attached hydrogen (secondary N) is 1. The maximum Gasteiger partial charge on any atom is 0.0161 e. The van der Waals surface area contributed by atoms with Crippen LogP contribution in [0.15, 0.2) is 24.3 Å². The Kier molecular flexibility index (Phi) is 5.37. The Hall–Kier alpha value is -0.860. The second-order valence-electron chi connectivity index (χ2n) is 4.18. The predicted octanol–water partition coefficient (Wildman–Crippen LogP) is 1.86. The van der Waals surface area contributed by atoms with Crippen molar-refractivity contribution in [1.29, 1.82) is 0 Å². The molecule has 0 amide bonds. The van der Waals surface area contributed by atoms with Gasteiger partial charge in [-0.2, -0.15) is 0 Å². The molecule has 0 heterocycles. The lowest BCUT2D eigenvalue weighted by Crippen LogP contribution is -2.33. The summed E-state index contributed by atoms with van der Waals surface area (Å²) >= 11 is 0. The Balaban J connectivity index is 2.17. The van der Waals surface area contributed by atoms with Gasteiger partial charge in [-0.3, -0.25) is 0 Å². The van der Waals surface area contributed by atoms with Crippen molar-refractivity contribution < 1.29 is 0 Å². The van der Waals surface area contributed by atoms with E-state index in [0.29, 0.717) is 12.6 Å². The van der Waals surface area contributed by atoms with Gasteiger partial charge in [0, 0.05) is 12.6 Å². The van der Waals surface area contributed by atoms with Gasteiger partial charge in [-0.05, 0) is 38.8 Å². The molecule has 15 heavy (non-hydrogen) atoms. The van der Waals surface area contributed by atoms with Crippen LogP contribution in [0.1, 0.15) is 24.5 Å². The smallest absolute Gasteiger partial charge is 0.0161 e. The van der Waals surface area contributed by atoms with Gasteiger partial charge in [0.1, 0.15) is 0 Å². The minimum Gasteiger partial charge on any atom is -0.329 e. The molecule has 84 valence electrons. The van der Waals surface area contributed by atoms with E-state index in [9.17, 15) is 0 Å². The van der Waals surface area contributed by atoms with Crippen molar-refractivity contribution in [3.05, 3.63) is 35.4 Å². The first-order chi connectivity index (χ1) is 7.22. The zero-order valence-electron chi connectivity index (χ0n) is 9.79. The van der Waals surface area contributed by atoms with Gasteiger partial charge < -0.3 is 11.1 Å². The van der Waals surface area contributed by atoms with Gasteiger partial charge in [-0.25, -0.2) is 0 Å². The Bertz CT molecular complexity index is 266. The molecule has 2 heteroatoms. The van der Waals surface area contributed by atoms with Crippen molar-refractivity contribution in [2.24, 2.45) is 5.73 Å². The quantitative estimate of drug-likeness (QED) is 0.697. The van der Waals surface area contributed by atoms with Crippen LogP contribution in [0, 0.1) is 6.92 Å². The Morgan fingerprint density at radius 3 is 2.53 bits per heavy atom. The molecular formula is C13H22N2. The second kappa shape index (κ2) is 6.59. The van der Waals surface area contributed by atoms with Crippen molar-refractivity contribution in [1.82, 2.24) is 5.32 Å². The summed E-state index contributed by atoms with van der Waals surface area (Å²) in [5.41, 5.74) is 8.27. The van der Waals surface area contributed by atoms with E-state index in [0.717, 1.165) is 13.0 Å². The summed E-state index contributed by atoms with van der Waals surface area (Å²) < 4.78 is 0. The summed E-state index contributed by atoms with van der Waals surface area (Å²) in [7, 11) is 0. The highest BCUT2D eigenvalue weighted by Crippen LogP contribution is 2.05. The first-order valence-electron chi connectivity index (χ1n) is 5.71. The van der Waals surface area contributed by atoms with Crippen LogP contribution in [0.5, 0.6) is 0 Å². The topological polar surface area (TPSA) is 38.0 Å². The van der Waals surface area contributed by atoms with Crippen LogP contribution >= 0.6 is 0 Å². The summed E-state index contributed by atoms with van der Waals surface area (Å²) in [5.74, 6) is 0. The van der Waals surface area contributed by atoms with Crippen molar-refractivity contribution in [2.75, 3.05) is 13.1 Å². The molecule has 0 saturated carbocycles. The molecule has 0 aromatic heterocycles. The highest BCUT2D eigenvalue weighted by Gasteiger charge is 1.97. The molecule has 0 radical (unpaired) electrons. The van der Waals surface area contributed by atoms with Crippen LogP contribution in [0.25, 0.3) is 0 Å². The first kappa shape index (κ1) is 12.2. The molecule has 3 N–H and O–H groups in total. The standard InChI is InChI=1S/C13H22N2/c1-11-5-7-13(8-6-11)4-3-9-15-12(2)10-14/h5-8,12,15H,3-4,9-10,14H2,1-2H3/t12-/m1/s1. The summed E-state index contributed by atoms with van der Waals surface area (Å²) in [5, 5.41) is 3.39. The van der Waals surface area contributed by atoms with E-state index in [1.807, 2.05) is 0 Å². The molecule has 0 spiro atoms. The summed E-state index contributed by atoms with van der Waals surface area (Å²) in [6.07, 6.45) is 2.32. The zero-order chi connectivity index (χ0) is 11.1. The fourth-order valence-corrected chi connectivity index (χ4v) is 1.48. The minimum absolute atomic E-state index is 0.433. The number of benzene rings is 1. The third-order valence-corrected chi connectivity index (χ3v) is 2.61. The largest absolute Gasteiger partial charge is 0.329 e. The van der Waals surface area contributed by atoms with Crippen LogP contribution < -0.4 is 11.1 Å². The van der Waals surface area contributed by atoms with Crippen LogP contribution in [0.4, 0.5) is 0 Å². The van der Waals surface area contributed by atoms with E-state index in [-0.39, 0.29) is 0 Å². The van der Waals surface area contributed by atoms with Gasteiger partial charge in [0.15, 0.2) is 0 Å². The molecule has 0 aliphatic carbocycles. The Morgan fingerprint density at radius 1 is 1.27 bits per heavy atom. The van der Waals surface area contributed by atoms with E-state index < -0.39 is 0 Å². The number of hydrogen-bond donors (Lipinski definition) is 2. The molecule has 1 aromatic rings. The third kappa shape index (κ3) is 4.96. The third-order valence-electron chi connectivity index (χ3n) is 2.61.